The van der Waals surface area contributed by atoms with E-state index < -0.39 is 0 Å². The summed E-state index contributed by atoms with van der Waals surface area (Å²) in [4.78, 5) is 13.8. The summed E-state index contributed by atoms with van der Waals surface area (Å²) in [5.74, 6) is -0.0744. The third-order valence-corrected chi connectivity index (χ3v) is 3.32. The number of rotatable bonds is 1. The first kappa shape index (κ1) is 9.71. The van der Waals surface area contributed by atoms with Crippen LogP contribution in [0.4, 0.5) is 0 Å². The van der Waals surface area contributed by atoms with Crippen molar-refractivity contribution in [1.82, 2.24) is 4.90 Å². The maximum absolute atomic E-state index is 11.5. The Labute approximate surface area is 84.7 Å². The molecule has 3 heteroatoms. The lowest BCUT2D eigenvalue weighted by Gasteiger charge is -2.35. The number of methoxy groups -OCH3 is 1. The quantitative estimate of drug-likeness (QED) is 0.467. The van der Waals surface area contributed by atoms with Gasteiger partial charge in [-0.05, 0) is 26.2 Å². The van der Waals surface area contributed by atoms with Crippen LogP contribution in [0.3, 0.4) is 0 Å². The largest absolute Gasteiger partial charge is 0.468 e. The van der Waals surface area contributed by atoms with Gasteiger partial charge in [0.15, 0.2) is 0 Å². The molecule has 0 unspecified atom stereocenters. The van der Waals surface area contributed by atoms with E-state index in [9.17, 15) is 4.79 Å². The summed E-state index contributed by atoms with van der Waals surface area (Å²) < 4.78 is 4.83. The van der Waals surface area contributed by atoms with E-state index in [4.69, 9.17) is 4.74 Å². The molecule has 1 saturated heterocycles. The van der Waals surface area contributed by atoms with Gasteiger partial charge in [-0.2, -0.15) is 0 Å². The monoisotopic (exact) mass is 195 g/mol. The molecule has 78 valence electrons. The van der Waals surface area contributed by atoms with Gasteiger partial charge in [0.1, 0.15) is 6.04 Å². The van der Waals surface area contributed by atoms with Crippen LogP contribution in [0.1, 0.15) is 26.2 Å². The van der Waals surface area contributed by atoms with E-state index in [0.717, 1.165) is 19.3 Å². The summed E-state index contributed by atoms with van der Waals surface area (Å²) in [6, 6.07) is 0.921. The van der Waals surface area contributed by atoms with Crippen LogP contribution in [-0.2, 0) is 9.53 Å². The number of esters is 1. The summed E-state index contributed by atoms with van der Waals surface area (Å²) in [5.41, 5.74) is 0. The van der Waals surface area contributed by atoms with Crippen LogP contribution >= 0.6 is 0 Å². The van der Waals surface area contributed by atoms with Crippen LogP contribution in [0, 0.1) is 0 Å². The molecule has 0 radical (unpaired) electrons. The molecule has 0 aromatic heterocycles. The Kier molecular flexibility index (Phi) is 2.59. The van der Waals surface area contributed by atoms with Crippen molar-refractivity contribution in [2.75, 3.05) is 7.11 Å². The number of carbonyl (C=O) groups is 1. The van der Waals surface area contributed by atoms with Crippen molar-refractivity contribution in [3.63, 3.8) is 0 Å². The summed E-state index contributed by atoms with van der Waals surface area (Å²) in [7, 11) is 1.47. The molecule has 0 aliphatic carbocycles. The molecule has 0 bridgehead atoms. The van der Waals surface area contributed by atoms with Crippen molar-refractivity contribution in [1.29, 1.82) is 0 Å². The van der Waals surface area contributed by atoms with Crippen LogP contribution in [0.2, 0.25) is 0 Å². The molecule has 0 spiro atoms. The fraction of sp³-hybridized carbons (Fsp3) is 0.727. The highest BCUT2D eigenvalue weighted by Gasteiger charge is 2.40. The van der Waals surface area contributed by atoms with Crippen molar-refractivity contribution in [2.45, 2.75) is 44.3 Å². The minimum atomic E-state index is -0.0744. The second kappa shape index (κ2) is 3.73. The Bertz CT molecular complexity index is 262. The SMILES string of the molecule is COC(=O)[C@@H]1CC[C@H]2CC=C[C@H](C)N21. The van der Waals surface area contributed by atoms with Gasteiger partial charge in [0, 0.05) is 12.1 Å². The van der Waals surface area contributed by atoms with Crippen molar-refractivity contribution < 1.29 is 9.53 Å². The Morgan fingerprint density at radius 2 is 2.29 bits per heavy atom. The molecular weight excluding hydrogens is 178 g/mol. The van der Waals surface area contributed by atoms with Gasteiger partial charge in [0.05, 0.1) is 7.11 Å². The Morgan fingerprint density at radius 1 is 1.50 bits per heavy atom. The highest BCUT2D eigenvalue weighted by molar-refractivity contribution is 5.76. The highest BCUT2D eigenvalue weighted by atomic mass is 16.5. The zero-order valence-corrected chi connectivity index (χ0v) is 8.77. The van der Waals surface area contributed by atoms with Crippen LogP contribution < -0.4 is 0 Å². The first-order chi connectivity index (χ1) is 6.74. The molecular formula is C11H17NO2. The normalized spacial score (nSPS) is 36.9. The summed E-state index contributed by atoms with van der Waals surface area (Å²) in [6.45, 7) is 2.14. The predicted octanol–water partition coefficient (Wildman–Crippen LogP) is 1.34. The van der Waals surface area contributed by atoms with Gasteiger partial charge in [-0.25, -0.2) is 0 Å². The second-order valence-electron chi connectivity index (χ2n) is 4.12. The average Bonchev–Trinajstić information content (AvgIpc) is 2.62. The van der Waals surface area contributed by atoms with Gasteiger partial charge >= 0.3 is 5.97 Å². The Hall–Kier alpha value is -0.830. The number of fused-ring (bicyclic) bond motifs is 1. The lowest BCUT2D eigenvalue weighted by atomic mass is 10.0. The summed E-state index contributed by atoms with van der Waals surface area (Å²) in [6.07, 6.45) is 7.55. The standard InChI is InChI=1S/C11H17NO2/c1-8-4-3-5-9-6-7-10(12(8)9)11(13)14-2/h3-4,8-10H,5-7H2,1-2H3/t8-,9+,10-/m0/s1. The van der Waals surface area contributed by atoms with Crippen molar-refractivity contribution in [2.24, 2.45) is 0 Å². The first-order valence-corrected chi connectivity index (χ1v) is 5.26. The number of hydrogen-bond donors (Lipinski definition) is 0. The van der Waals surface area contributed by atoms with E-state index in [1.54, 1.807) is 0 Å². The van der Waals surface area contributed by atoms with Crippen molar-refractivity contribution >= 4 is 5.97 Å². The van der Waals surface area contributed by atoms with Crippen LogP contribution in [0.25, 0.3) is 0 Å². The molecule has 3 atom stereocenters. The summed E-state index contributed by atoms with van der Waals surface area (Å²) >= 11 is 0. The van der Waals surface area contributed by atoms with Gasteiger partial charge in [0.25, 0.3) is 0 Å². The molecule has 2 heterocycles. The number of ether oxygens (including phenoxy) is 1. The zero-order valence-electron chi connectivity index (χ0n) is 8.77. The smallest absolute Gasteiger partial charge is 0.323 e. The molecule has 1 fully saturated rings. The van der Waals surface area contributed by atoms with E-state index in [0.29, 0.717) is 12.1 Å². The van der Waals surface area contributed by atoms with E-state index in [1.165, 1.54) is 7.11 Å². The van der Waals surface area contributed by atoms with Crippen LogP contribution in [-0.4, -0.2) is 36.1 Å². The first-order valence-electron chi connectivity index (χ1n) is 5.26. The molecule has 2 aliphatic heterocycles. The molecule has 2 aliphatic rings. The Morgan fingerprint density at radius 3 is 3.00 bits per heavy atom. The van der Waals surface area contributed by atoms with Gasteiger partial charge in [0.2, 0.25) is 0 Å². The minimum Gasteiger partial charge on any atom is -0.468 e. The molecule has 0 aromatic rings. The highest BCUT2D eigenvalue weighted by Crippen LogP contribution is 2.32. The van der Waals surface area contributed by atoms with E-state index >= 15 is 0 Å². The molecule has 0 N–H and O–H groups in total. The van der Waals surface area contributed by atoms with E-state index in [-0.39, 0.29) is 12.0 Å². The van der Waals surface area contributed by atoms with Crippen molar-refractivity contribution in [3.05, 3.63) is 12.2 Å². The van der Waals surface area contributed by atoms with Crippen molar-refractivity contribution in [3.8, 4) is 0 Å². The third-order valence-electron chi connectivity index (χ3n) is 3.32. The van der Waals surface area contributed by atoms with E-state index in [2.05, 4.69) is 24.0 Å². The van der Waals surface area contributed by atoms with Crippen LogP contribution in [0.5, 0.6) is 0 Å². The maximum Gasteiger partial charge on any atom is 0.323 e. The van der Waals surface area contributed by atoms with Gasteiger partial charge in [-0.1, -0.05) is 12.2 Å². The average molecular weight is 195 g/mol. The zero-order chi connectivity index (χ0) is 10.1. The number of nitrogens with zero attached hydrogens (tertiary/aromatic N) is 1. The topological polar surface area (TPSA) is 29.5 Å². The number of hydrogen-bond acceptors (Lipinski definition) is 3. The molecule has 3 nitrogen and oxygen atoms in total. The lowest BCUT2D eigenvalue weighted by molar-refractivity contribution is -0.146. The fourth-order valence-electron chi connectivity index (χ4n) is 2.67. The van der Waals surface area contributed by atoms with Gasteiger partial charge in [-0.3, -0.25) is 9.69 Å². The second-order valence-corrected chi connectivity index (χ2v) is 4.12. The van der Waals surface area contributed by atoms with Gasteiger partial charge < -0.3 is 4.74 Å². The van der Waals surface area contributed by atoms with Crippen LogP contribution in [0.15, 0.2) is 12.2 Å². The lowest BCUT2D eigenvalue weighted by Crippen LogP contribution is -2.47. The summed E-state index contributed by atoms with van der Waals surface area (Å²) in [5, 5.41) is 0. The third kappa shape index (κ3) is 1.46. The van der Waals surface area contributed by atoms with E-state index in [1.807, 2.05) is 0 Å². The van der Waals surface area contributed by atoms with Gasteiger partial charge in [-0.15, -0.1) is 0 Å². The predicted molar refractivity (Wildman–Crippen MR) is 53.9 cm³/mol. The minimum absolute atomic E-state index is 0.00931. The number of carbonyl (C=O) groups excluding carboxylic acids is 1. The molecule has 0 amide bonds. The molecule has 0 saturated carbocycles. The fourth-order valence-corrected chi connectivity index (χ4v) is 2.67. The maximum atomic E-state index is 11.5. The molecule has 14 heavy (non-hydrogen) atoms. The Balaban J connectivity index is 2.15. The molecule has 0 aromatic carbocycles. The molecule has 2 rings (SSSR count).